The fourth-order valence-corrected chi connectivity index (χ4v) is 3.91. The molecular weight excluding hydrogens is 322 g/mol. The van der Waals surface area contributed by atoms with E-state index < -0.39 is 6.03 Å². The molecule has 0 atom stereocenters. The number of fused-ring (bicyclic) bond motifs is 1. The minimum absolute atomic E-state index is 0.276. The van der Waals surface area contributed by atoms with Crippen LogP contribution in [-0.4, -0.2) is 23.1 Å². The third kappa shape index (κ3) is 2.69. The van der Waals surface area contributed by atoms with Crippen LogP contribution in [0, 0.1) is 0 Å². The number of carbonyl (C=O) groups excluding carboxylic acids is 1. The average Bonchev–Trinajstić information content (AvgIpc) is 3.24. The quantitative estimate of drug-likeness (QED) is 0.774. The number of amides is 1. The van der Waals surface area contributed by atoms with E-state index in [0.29, 0.717) is 11.1 Å². The van der Waals surface area contributed by atoms with Gasteiger partial charge < -0.3 is 10.2 Å². The molecule has 1 aliphatic heterocycles. The molecule has 0 unspecified atom stereocenters. The molecule has 2 heterocycles. The first-order chi connectivity index (χ1) is 11.7. The Morgan fingerprint density at radius 1 is 1.00 bits per heavy atom. The van der Waals surface area contributed by atoms with Gasteiger partial charge in [-0.05, 0) is 60.8 Å². The van der Waals surface area contributed by atoms with Gasteiger partial charge >= 0.3 is 6.03 Å². The van der Waals surface area contributed by atoms with Gasteiger partial charge in [0.1, 0.15) is 0 Å². The zero-order valence-corrected chi connectivity index (χ0v) is 13.9. The zero-order valence-electron chi connectivity index (χ0n) is 13.1. The molecule has 2 aromatic carbocycles. The zero-order chi connectivity index (χ0) is 16.5. The van der Waals surface area contributed by atoms with Gasteiger partial charge in [0, 0.05) is 24.5 Å². The summed E-state index contributed by atoms with van der Waals surface area (Å²) in [6, 6.07) is 14.6. The van der Waals surface area contributed by atoms with Crippen LogP contribution < -0.4 is 15.8 Å². The van der Waals surface area contributed by atoms with Crippen LogP contribution in [0.25, 0.3) is 10.1 Å². The Kier molecular flexibility index (Phi) is 3.82. The van der Waals surface area contributed by atoms with Crippen molar-refractivity contribution in [2.24, 2.45) is 0 Å². The molecule has 4 rings (SSSR count). The molecule has 0 aliphatic carbocycles. The van der Waals surface area contributed by atoms with Crippen molar-refractivity contribution >= 4 is 39.0 Å². The van der Waals surface area contributed by atoms with Crippen LogP contribution in [0.2, 0.25) is 0 Å². The molecule has 3 aromatic rings. The molecule has 1 amide bonds. The van der Waals surface area contributed by atoms with Gasteiger partial charge in [0.15, 0.2) is 0 Å². The van der Waals surface area contributed by atoms with Crippen LogP contribution in [0.15, 0.2) is 53.3 Å². The molecule has 0 radical (unpaired) electrons. The van der Waals surface area contributed by atoms with Crippen molar-refractivity contribution < 1.29 is 4.79 Å². The van der Waals surface area contributed by atoms with Gasteiger partial charge in [0.25, 0.3) is 5.56 Å². The van der Waals surface area contributed by atoms with Gasteiger partial charge in [-0.25, -0.2) is 4.79 Å². The minimum Gasteiger partial charge on any atom is -0.372 e. The van der Waals surface area contributed by atoms with Crippen molar-refractivity contribution in [1.29, 1.82) is 0 Å². The Hall–Kier alpha value is -2.60. The first-order valence-electron chi connectivity index (χ1n) is 8.00. The summed E-state index contributed by atoms with van der Waals surface area (Å²) in [5.41, 5.74) is 1.58. The standard InChI is InChI=1S/C18H17N3O2S/c22-17-15-5-1-2-6-16(15)24-21(17)18(23)19-13-7-9-14(10-8-13)20-11-3-4-12-20/h1-2,5-10H,3-4,11-12H2,(H,19,23). The van der Waals surface area contributed by atoms with Crippen molar-refractivity contribution in [3.63, 3.8) is 0 Å². The van der Waals surface area contributed by atoms with E-state index in [1.165, 1.54) is 22.5 Å². The minimum atomic E-state index is -0.421. The van der Waals surface area contributed by atoms with Crippen LogP contribution in [0.4, 0.5) is 16.2 Å². The SMILES string of the molecule is O=C(Nc1ccc(N2CCCC2)cc1)n1sc2ccccc2c1=O. The van der Waals surface area contributed by atoms with Crippen LogP contribution in [0.1, 0.15) is 12.8 Å². The fraction of sp³-hybridized carbons (Fsp3) is 0.222. The summed E-state index contributed by atoms with van der Waals surface area (Å²) in [5.74, 6) is 0. The molecule has 1 saturated heterocycles. The highest BCUT2D eigenvalue weighted by Crippen LogP contribution is 2.22. The first-order valence-corrected chi connectivity index (χ1v) is 8.77. The van der Waals surface area contributed by atoms with Crippen molar-refractivity contribution in [2.75, 3.05) is 23.3 Å². The molecular formula is C18H17N3O2S. The highest BCUT2D eigenvalue weighted by molar-refractivity contribution is 7.14. The number of hydrogen-bond donors (Lipinski definition) is 1. The summed E-state index contributed by atoms with van der Waals surface area (Å²) in [4.78, 5) is 27.0. The number of nitrogens with zero attached hydrogens (tertiary/aromatic N) is 2. The topological polar surface area (TPSA) is 54.3 Å². The number of anilines is 2. The molecule has 0 saturated carbocycles. The number of benzene rings is 2. The summed E-state index contributed by atoms with van der Waals surface area (Å²) >= 11 is 1.16. The molecule has 1 fully saturated rings. The maximum atomic E-state index is 12.4. The Labute approximate surface area is 143 Å². The van der Waals surface area contributed by atoms with Crippen LogP contribution in [-0.2, 0) is 0 Å². The summed E-state index contributed by atoms with van der Waals surface area (Å²) in [5, 5.41) is 3.37. The Morgan fingerprint density at radius 3 is 2.42 bits per heavy atom. The van der Waals surface area contributed by atoms with E-state index >= 15 is 0 Å². The van der Waals surface area contributed by atoms with E-state index in [2.05, 4.69) is 10.2 Å². The van der Waals surface area contributed by atoms with E-state index in [9.17, 15) is 9.59 Å². The smallest absolute Gasteiger partial charge is 0.342 e. The van der Waals surface area contributed by atoms with E-state index in [1.54, 1.807) is 12.1 Å². The fourth-order valence-electron chi connectivity index (χ4n) is 3.01. The van der Waals surface area contributed by atoms with E-state index in [0.717, 1.165) is 29.3 Å². The lowest BCUT2D eigenvalue weighted by Gasteiger charge is -2.17. The summed E-state index contributed by atoms with van der Waals surface area (Å²) in [6.07, 6.45) is 2.46. The van der Waals surface area contributed by atoms with E-state index in [-0.39, 0.29) is 5.56 Å². The van der Waals surface area contributed by atoms with Gasteiger partial charge in [-0.2, -0.15) is 3.96 Å². The lowest BCUT2D eigenvalue weighted by molar-refractivity contribution is 0.255. The maximum absolute atomic E-state index is 12.4. The highest BCUT2D eigenvalue weighted by atomic mass is 32.1. The second kappa shape index (κ2) is 6.13. The van der Waals surface area contributed by atoms with Crippen LogP contribution in [0.5, 0.6) is 0 Å². The lowest BCUT2D eigenvalue weighted by Crippen LogP contribution is -2.26. The largest absolute Gasteiger partial charge is 0.372 e. The predicted octanol–water partition coefficient (Wildman–Crippen LogP) is 3.74. The van der Waals surface area contributed by atoms with Gasteiger partial charge in [0.05, 0.1) is 10.1 Å². The Bertz CT molecular complexity index is 937. The number of aromatic nitrogens is 1. The molecule has 24 heavy (non-hydrogen) atoms. The monoisotopic (exact) mass is 339 g/mol. The summed E-state index contributed by atoms with van der Waals surface area (Å²) in [7, 11) is 0. The van der Waals surface area contributed by atoms with Gasteiger partial charge in [-0.15, -0.1) is 0 Å². The normalized spacial score (nSPS) is 14.2. The Balaban J connectivity index is 1.54. The third-order valence-electron chi connectivity index (χ3n) is 4.27. The van der Waals surface area contributed by atoms with Crippen LogP contribution in [0.3, 0.4) is 0 Å². The summed E-state index contributed by atoms with van der Waals surface area (Å²) < 4.78 is 1.97. The number of rotatable bonds is 2. The molecule has 0 spiro atoms. The van der Waals surface area contributed by atoms with Crippen molar-refractivity contribution in [1.82, 2.24) is 3.96 Å². The summed E-state index contributed by atoms with van der Waals surface area (Å²) in [6.45, 7) is 2.17. The van der Waals surface area contributed by atoms with Gasteiger partial charge in [-0.3, -0.25) is 4.79 Å². The molecule has 122 valence electrons. The second-order valence-corrected chi connectivity index (χ2v) is 6.85. The highest BCUT2D eigenvalue weighted by Gasteiger charge is 2.15. The van der Waals surface area contributed by atoms with Crippen molar-refractivity contribution in [3.8, 4) is 0 Å². The van der Waals surface area contributed by atoms with Gasteiger partial charge in [0.2, 0.25) is 0 Å². The van der Waals surface area contributed by atoms with E-state index in [1.807, 2.05) is 36.4 Å². The third-order valence-corrected chi connectivity index (χ3v) is 5.33. The van der Waals surface area contributed by atoms with Crippen molar-refractivity contribution in [2.45, 2.75) is 12.8 Å². The molecule has 1 aliphatic rings. The molecule has 1 aromatic heterocycles. The van der Waals surface area contributed by atoms with Gasteiger partial charge in [-0.1, -0.05) is 12.1 Å². The number of hydrogen-bond acceptors (Lipinski definition) is 4. The Morgan fingerprint density at radius 2 is 1.71 bits per heavy atom. The average molecular weight is 339 g/mol. The predicted molar refractivity (Wildman–Crippen MR) is 98.4 cm³/mol. The maximum Gasteiger partial charge on any atom is 0.342 e. The lowest BCUT2D eigenvalue weighted by atomic mass is 10.2. The first kappa shape index (κ1) is 15.0. The molecule has 5 nitrogen and oxygen atoms in total. The number of nitrogens with one attached hydrogen (secondary N) is 1. The molecule has 6 heteroatoms. The molecule has 1 N–H and O–H groups in total. The second-order valence-electron chi connectivity index (χ2n) is 5.86. The van der Waals surface area contributed by atoms with Crippen molar-refractivity contribution in [3.05, 3.63) is 58.9 Å². The van der Waals surface area contributed by atoms with E-state index in [4.69, 9.17) is 0 Å². The molecule has 0 bridgehead atoms. The van der Waals surface area contributed by atoms with Crippen LogP contribution >= 0.6 is 11.5 Å². The number of carbonyl (C=O) groups is 1.